The molecule has 1 fully saturated rings. The van der Waals surface area contributed by atoms with Gasteiger partial charge >= 0.3 is 0 Å². The molecule has 7 heteroatoms. The average Bonchev–Trinajstić information content (AvgIpc) is 2.88. The summed E-state index contributed by atoms with van der Waals surface area (Å²) in [4.78, 5) is 24.3. The SMILES string of the molecule is CCC1CCCN1C(=O)c1cc(N)c(F)cc1[N+](=O)[O-]. The van der Waals surface area contributed by atoms with Gasteiger partial charge in [-0.3, -0.25) is 14.9 Å². The lowest BCUT2D eigenvalue weighted by atomic mass is 10.1. The van der Waals surface area contributed by atoms with E-state index in [9.17, 15) is 19.3 Å². The molecule has 0 aromatic heterocycles. The number of hydrogen-bond acceptors (Lipinski definition) is 4. The molecule has 1 amide bonds. The van der Waals surface area contributed by atoms with Gasteiger partial charge in [-0.15, -0.1) is 0 Å². The van der Waals surface area contributed by atoms with E-state index in [1.807, 2.05) is 6.92 Å². The Morgan fingerprint density at radius 3 is 2.90 bits per heavy atom. The van der Waals surface area contributed by atoms with Gasteiger partial charge < -0.3 is 10.6 Å². The van der Waals surface area contributed by atoms with Crippen molar-refractivity contribution in [2.75, 3.05) is 12.3 Å². The number of benzene rings is 1. The van der Waals surface area contributed by atoms with E-state index in [-0.39, 0.29) is 17.3 Å². The largest absolute Gasteiger partial charge is 0.396 e. The molecule has 1 aliphatic heterocycles. The van der Waals surface area contributed by atoms with Gasteiger partial charge in [0, 0.05) is 12.6 Å². The summed E-state index contributed by atoms with van der Waals surface area (Å²) < 4.78 is 13.3. The Balaban J connectivity index is 2.43. The number of nitrogen functional groups attached to an aromatic ring is 1. The van der Waals surface area contributed by atoms with Crippen LogP contribution in [0.5, 0.6) is 0 Å². The Kier molecular flexibility index (Phi) is 3.87. The molecule has 0 saturated carbocycles. The number of nitrogens with two attached hydrogens (primary N) is 1. The standard InChI is InChI=1S/C13H16FN3O3/c1-2-8-4-3-5-16(8)13(18)9-6-11(15)10(14)7-12(9)17(19)20/h6-8H,2-5,15H2,1H3. The van der Waals surface area contributed by atoms with Crippen molar-refractivity contribution in [3.05, 3.63) is 33.6 Å². The summed E-state index contributed by atoms with van der Waals surface area (Å²) >= 11 is 0. The van der Waals surface area contributed by atoms with Crippen LogP contribution in [-0.2, 0) is 0 Å². The molecule has 1 aromatic rings. The molecule has 1 aromatic carbocycles. The fraction of sp³-hybridized carbons (Fsp3) is 0.462. The zero-order chi connectivity index (χ0) is 14.9. The van der Waals surface area contributed by atoms with Crippen molar-refractivity contribution in [1.29, 1.82) is 0 Å². The van der Waals surface area contributed by atoms with Gasteiger partial charge in [0.05, 0.1) is 16.7 Å². The van der Waals surface area contributed by atoms with E-state index in [2.05, 4.69) is 0 Å². The lowest BCUT2D eigenvalue weighted by Crippen LogP contribution is -2.35. The van der Waals surface area contributed by atoms with E-state index >= 15 is 0 Å². The number of nitro groups is 1. The molecule has 2 N–H and O–H groups in total. The summed E-state index contributed by atoms with van der Waals surface area (Å²) in [7, 11) is 0. The molecule has 2 rings (SSSR count). The minimum atomic E-state index is -0.887. The van der Waals surface area contributed by atoms with Gasteiger partial charge in [-0.1, -0.05) is 6.92 Å². The number of amides is 1. The fourth-order valence-electron chi connectivity index (χ4n) is 2.58. The van der Waals surface area contributed by atoms with Crippen molar-refractivity contribution in [2.45, 2.75) is 32.2 Å². The number of nitrogens with zero attached hydrogens (tertiary/aromatic N) is 2. The van der Waals surface area contributed by atoms with Crippen molar-refractivity contribution in [3.63, 3.8) is 0 Å². The topological polar surface area (TPSA) is 89.5 Å². The van der Waals surface area contributed by atoms with Gasteiger partial charge in [0.15, 0.2) is 5.82 Å². The Morgan fingerprint density at radius 1 is 1.60 bits per heavy atom. The van der Waals surface area contributed by atoms with E-state index < -0.39 is 22.3 Å². The van der Waals surface area contributed by atoms with Crippen molar-refractivity contribution in [2.24, 2.45) is 0 Å². The first-order valence-electron chi connectivity index (χ1n) is 6.50. The predicted octanol–water partition coefficient (Wildman–Crippen LogP) is 2.33. The molecule has 0 bridgehead atoms. The second-order valence-corrected chi connectivity index (χ2v) is 4.85. The molecule has 20 heavy (non-hydrogen) atoms. The third-order valence-electron chi connectivity index (χ3n) is 3.65. The molecular weight excluding hydrogens is 265 g/mol. The van der Waals surface area contributed by atoms with E-state index in [0.717, 1.165) is 25.3 Å². The second kappa shape index (κ2) is 5.44. The van der Waals surface area contributed by atoms with Gasteiger partial charge in [-0.25, -0.2) is 4.39 Å². The monoisotopic (exact) mass is 281 g/mol. The number of carbonyl (C=O) groups is 1. The highest BCUT2D eigenvalue weighted by atomic mass is 19.1. The van der Waals surface area contributed by atoms with Gasteiger partial charge in [0.25, 0.3) is 11.6 Å². The van der Waals surface area contributed by atoms with Crippen LogP contribution in [0.3, 0.4) is 0 Å². The molecule has 108 valence electrons. The highest BCUT2D eigenvalue weighted by Crippen LogP contribution is 2.29. The lowest BCUT2D eigenvalue weighted by Gasteiger charge is -2.23. The van der Waals surface area contributed by atoms with Crippen LogP contribution < -0.4 is 5.73 Å². The van der Waals surface area contributed by atoms with Gasteiger partial charge in [-0.05, 0) is 25.3 Å². The van der Waals surface area contributed by atoms with Crippen LogP contribution in [0.4, 0.5) is 15.8 Å². The summed E-state index contributed by atoms with van der Waals surface area (Å²) in [6, 6.07) is 1.84. The third-order valence-corrected chi connectivity index (χ3v) is 3.65. The molecule has 1 saturated heterocycles. The average molecular weight is 281 g/mol. The van der Waals surface area contributed by atoms with E-state index in [1.165, 1.54) is 0 Å². The van der Waals surface area contributed by atoms with Gasteiger partial charge in [0.1, 0.15) is 5.56 Å². The van der Waals surface area contributed by atoms with Crippen molar-refractivity contribution in [3.8, 4) is 0 Å². The van der Waals surface area contributed by atoms with Gasteiger partial charge in [0.2, 0.25) is 0 Å². The summed E-state index contributed by atoms with van der Waals surface area (Å²) in [5, 5.41) is 11.0. The second-order valence-electron chi connectivity index (χ2n) is 4.85. The number of hydrogen-bond donors (Lipinski definition) is 1. The summed E-state index contributed by atoms with van der Waals surface area (Å²) in [6.45, 7) is 2.52. The molecule has 0 spiro atoms. The molecular formula is C13H16FN3O3. The summed E-state index contributed by atoms with van der Waals surface area (Å²) in [5.41, 5.74) is 4.48. The first kappa shape index (κ1) is 14.2. The van der Waals surface area contributed by atoms with Gasteiger partial charge in [-0.2, -0.15) is 0 Å². The Labute approximate surface area is 115 Å². The highest BCUT2D eigenvalue weighted by molar-refractivity contribution is 5.99. The minimum absolute atomic E-state index is 0.0772. The van der Waals surface area contributed by atoms with Crippen LogP contribution in [0.1, 0.15) is 36.5 Å². The first-order chi connectivity index (χ1) is 9.45. The van der Waals surface area contributed by atoms with Crippen LogP contribution in [0, 0.1) is 15.9 Å². The third kappa shape index (κ3) is 2.43. The number of rotatable bonds is 3. The maximum atomic E-state index is 13.3. The fourth-order valence-corrected chi connectivity index (χ4v) is 2.58. The van der Waals surface area contributed by atoms with Crippen molar-refractivity contribution in [1.82, 2.24) is 4.90 Å². The maximum absolute atomic E-state index is 13.3. The van der Waals surface area contributed by atoms with Crippen LogP contribution in [0.15, 0.2) is 12.1 Å². The van der Waals surface area contributed by atoms with E-state index in [0.29, 0.717) is 12.6 Å². The molecule has 0 aliphatic carbocycles. The molecule has 1 atom stereocenters. The number of anilines is 1. The highest BCUT2D eigenvalue weighted by Gasteiger charge is 2.32. The zero-order valence-corrected chi connectivity index (χ0v) is 11.1. The normalized spacial score (nSPS) is 18.3. The van der Waals surface area contributed by atoms with Crippen LogP contribution >= 0.6 is 0 Å². The lowest BCUT2D eigenvalue weighted by molar-refractivity contribution is -0.385. The summed E-state index contributed by atoms with van der Waals surface area (Å²) in [6.07, 6.45) is 2.54. The van der Waals surface area contributed by atoms with Crippen LogP contribution in [0.25, 0.3) is 0 Å². The van der Waals surface area contributed by atoms with E-state index in [1.54, 1.807) is 4.90 Å². The van der Waals surface area contributed by atoms with E-state index in [4.69, 9.17) is 5.73 Å². The maximum Gasteiger partial charge on any atom is 0.285 e. The Bertz CT molecular complexity index is 562. The molecule has 1 unspecified atom stereocenters. The zero-order valence-electron chi connectivity index (χ0n) is 11.1. The van der Waals surface area contributed by atoms with Crippen LogP contribution in [0.2, 0.25) is 0 Å². The van der Waals surface area contributed by atoms with Crippen LogP contribution in [-0.4, -0.2) is 28.3 Å². The summed E-state index contributed by atoms with van der Waals surface area (Å²) in [5.74, 6) is -1.34. The smallest absolute Gasteiger partial charge is 0.285 e. The molecule has 6 nitrogen and oxygen atoms in total. The number of likely N-dealkylation sites (tertiary alicyclic amines) is 1. The molecule has 1 aliphatic rings. The predicted molar refractivity (Wildman–Crippen MR) is 71.8 cm³/mol. The molecule has 1 heterocycles. The Hall–Kier alpha value is -2.18. The van der Waals surface area contributed by atoms with Crippen molar-refractivity contribution < 1.29 is 14.1 Å². The van der Waals surface area contributed by atoms with Crippen molar-refractivity contribution >= 4 is 17.3 Å². The minimum Gasteiger partial charge on any atom is -0.396 e. The number of halogens is 1. The first-order valence-corrected chi connectivity index (χ1v) is 6.50. The number of carbonyl (C=O) groups excluding carboxylic acids is 1. The molecule has 0 radical (unpaired) electrons. The number of nitro benzene ring substituents is 1. The Morgan fingerprint density at radius 2 is 2.30 bits per heavy atom. The quantitative estimate of drug-likeness (QED) is 0.523.